The second-order valence-electron chi connectivity index (χ2n) is 4.56. The Labute approximate surface area is 115 Å². The molecule has 0 aromatic heterocycles. The van der Waals surface area contributed by atoms with E-state index in [1.54, 1.807) is 0 Å². The lowest BCUT2D eigenvalue weighted by molar-refractivity contribution is -0.384. The molecule has 108 valence electrons. The molecule has 0 saturated carbocycles. The lowest BCUT2D eigenvalue weighted by Gasteiger charge is -2.12. The van der Waals surface area contributed by atoms with Gasteiger partial charge < -0.3 is 10.6 Å². The maximum Gasteiger partial charge on any atom is 0.293 e. The molecule has 1 unspecified atom stereocenters. The van der Waals surface area contributed by atoms with Crippen LogP contribution in [-0.2, 0) is 14.6 Å². The van der Waals surface area contributed by atoms with E-state index in [9.17, 15) is 23.3 Å². The Balaban J connectivity index is 2.33. The first-order valence-corrected chi connectivity index (χ1v) is 7.68. The van der Waals surface area contributed by atoms with Gasteiger partial charge in [-0.15, -0.1) is 0 Å². The standard InChI is InChI=1S/C11H13N3O5S/c1-20(18,19)8-2-3-9(10(5-8)14(16)17)13-7-4-11(15)12-6-7/h2-3,5,7,13H,4,6H2,1H3,(H,12,15). The van der Waals surface area contributed by atoms with Gasteiger partial charge in [0.2, 0.25) is 5.91 Å². The number of benzene rings is 1. The van der Waals surface area contributed by atoms with Crippen molar-refractivity contribution in [2.75, 3.05) is 18.1 Å². The Morgan fingerprint density at radius 2 is 2.15 bits per heavy atom. The number of sulfone groups is 1. The van der Waals surface area contributed by atoms with Crippen molar-refractivity contribution in [3.63, 3.8) is 0 Å². The lowest BCUT2D eigenvalue weighted by Crippen LogP contribution is -2.22. The predicted octanol–water partition coefficient (Wildman–Crippen LogP) is 0.299. The highest BCUT2D eigenvalue weighted by Crippen LogP contribution is 2.28. The van der Waals surface area contributed by atoms with Crippen LogP contribution in [-0.4, -0.2) is 38.1 Å². The summed E-state index contributed by atoms with van der Waals surface area (Å²) in [6, 6.07) is 3.42. The number of nitrogens with zero attached hydrogens (tertiary/aromatic N) is 1. The number of nitro benzene ring substituents is 1. The molecule has 1 aromatic carbocycles. The van der Waals surface area contributed by atoms with Gasteiger partial charge in [-0.1, -0.05) is 0 Å². The van der Waals surface area contributed by atoms with E-state index in [4.69, 9.17) is 0 Å². The molecule has 1 aliphatic heterocycles. The molecule has 1 amide bonds. The Morgan fingerprint density at radius 3 is 2.65 bits per heavy atom. The fourth-order valence-corrected chi connectivity index (χ4v) is 2.58. The third-order valence-corrected chi connectivity index (χ3v) is 4.04. The molecule has 1 saturated heterocycles. The number of hydrogen-bond donors (Lipinski definition) is 2. The number of rotatable bonds is 4. The van der Waals surface area contributed by atoms with Crippen LogP contribution in [0.15, 0.2) is 23.1 Å². The Bertz CT molecular complexity index is 671. The molecule has 9 heteroatoms. The molecule has 1 heterocycles. The van der Waals surface area contributed by atoms with Gasteiger partial charge in [0.1, 0.15) is 5.69 Å². The predicted molar refractivity (Wildman–Crippen MR) is 71.2 cm³/mol. The third-order valence-electron chi connectivity index (χ3n) is 2.93. The maximum absolute atomic E-state index is 11.4. The smallest absolute Gasteiger partial charge is 0.293 e. The number of carbonyl (C=O) groups excluding carboxylic acids is 1. The van der Waals surface area contributed by atoms with Gasteiger partial charge in [-0.3, -0.25) is 14.9 Å². The van der Waals surface area contributed by atoms with Gasteiger partial charge >= 0.3 is 0 Å². The summed E-state index contributed by atoms with van der Waals surface area (Å²) in [5, 5.41) is 16.5. The molecule has 0 spiro atoms. The zero-order valence-corrected chi connectivity index (χ0v) is 11.4. The Morgan fingerprint density at radius 1 is 1.45 bits per heavy atom. The molecule has 2 N–H and O–H groups in total. The normalized spacial score (nSPS) is 18.6. The number of nitro groups is 1. The molecule has 1 atom stereocenters. The van der Waals surface area contributed by atoms with Crippen LogP contribution in [0.3, 0.4) is 0 Å². The summed E-state index contributed by atoms with van der Waals surface area (Å²) in [5.74, 6) is -0.127. The minimum absolute atomic E-state index is 0.115. The zero-order chi connectivity index (χ0) is 14.9. The monoisotopic (exact) mass is 299 g/mol. The number of nitrogens with one attached hydrogen (secondary N) is 2. The van der Waals surface area contributed by atoms with E-state index in [0.717, 1.165) is 12.3 Å². The van der Waals surface area contributed by atoms with Crippen molar-refractivity contribution in [2.24, 2.45) is 0 Å². The van der Waals surface area contributed by atoms with Crippen LogP contribution in [0.25, 0.3) is 0 Å². The van der Waals surface area contributed by atoms with Gasteiger partial charge in [0.05, 0.1) is 15.9 Å². The molecule has 0 bridgehead atoms. The van der Waals surface area contributed by atoms with E-state index in [1.165, 1.54) is 12.1 Å². The van der Waals surface area contributed by atoms with Crippen molar-refractivity contribution in [3.8, 4) is 0 Å². The van der Waals surface area contributed by atoms with Crippen molar-refractivity contribution >= 4 is 27.1 Å². The van der Waals surface area contributed by atoms with Crippen LogP contribution in [0, 0.1) is 10.1 Å². The van der Waals surface area contributed by atoms with E-state index in [1.807, 2.05) is 0 Å². The summed E-state index contributed by atoms with van der Waals surface area (Å²) in [5.41, 5.74) is -0.129. The number of carbonyl (C=O) groups is 1. The fraction of sp³-hybridized carbons (Fsp3) is 0.364. The molecule has 20 heavy (non-hydrogen) atoms. The molecule has 1 aliphatic rings. The summed E-state index contributed by atoms with van der Waals surface area (Å²) < 4.78 is 22.8. The highest BCUT2D eigenvalue weighted by Gasteiger charge is 2.25. The van der Waals surface area contributed by atoms with Gasteiger partial charge in [0.15, 0.2) is 9.84 Å². The average Bonchev–Trinajstić information content (AvgIpc) is 2.73. The number of hydrogen-bond acceptors (Lipinski definition) is 6. The van der Waals surface area contributed by atoms with Crippen molar-refractivity contribution in [1.82, 2.24) is 5.32 Å². The summed E-state index contributed by atoms with van der Waals surface area (Å²) in [6.07, 6.45) is 1.21. The molecule has 0 radical (unpaired) electrons. The van der Waals surface area contributed by atoms with Crippen LogP contribution >= 0.6 is 0 Å². The Kier molecular flexibility index (Phi) is 3.62. The summed E-state index contributed by atoms with van der Waals surface area (Å²) in [6.45, 7) is 0.379. The van der Waals surface area contributed by atoms with Crippen molar-refractivity contribution in [1.29, 1.82) is 0 Å². The third kappa shape index (κ3) is 3.05. The summed E-state index contributed by atoms with van der Waals surface area (Å²) in [4.78, 5) is 21.3. The SMILES string of the molecule is CS(=O)(=O)c1ccc(NC2CNC(=O)C2)c([N+](=O)[O-])c1. The van der Waals surface area contributed by atoms with Crippen LogP contribution in [0.4, 0.5) is 11.4 Å². The second-order valence-corrected chi connectivity index (χ2v) is 6.57. The Hall–Kier alpha value is -2.16. The molecule has 0 aliphatic carbocycles. The topological polar surface area (TPSA) is 118 Å². The highest BCUT2D eigenvalue weighted by molar-refractivity contribution is 7.90. The van der Waals surface area contributed by atoms with Gasteiger partial charge in [0, 0.05) is 25.3 Å². The van der Waals surface area contributed by atoms with Crippen LogP contribution in [0.5, 0.6) is 0 Å². The van der Waals surface area contributed by atoms with E-state index in [0.29, 0.717) is 6.54 Å². The fourth-order valence-electron chi connectivity index (χ4n) is 1.94. The molecular weight excluding hydrogens is 286 g/mol. The maximum atomic E-state index is 11.4. The van der Waals surface area contributed by atoms with Crippen molar-refractivity contribution in [2.45, 2.75) is 17.4 Å². The molecule has 1 aromatic rings. The van der Waals surface area contributed by atoms with Crippen molar-refractivity contribution in [3.05, 3.63) is 28.3 Å². The second kappa shape index (κ2) is 5.08. The first-order chi connectivity index (χ1) is 9.27. The number of anilines is 1. The first-order valence-electron chi connectivity index (χ1n) is 5.79. The zero-order valence-electron chi connectivity index (χ0n) is 10.6. The van der Waals surface area contributed by atoms with Crippen LogP contribution < -0.4 is 10.6 Å². The van der Waals surface area contributed by atoms with Gasteiger partial charge in [-0.2, -0.15) is 0 Å². The largest absolute Gasteiger partial charge is 0.374 e. The van der Waals surface area contributed by atoms with Gasteiger partial charge in [-0.25, -0.2) is 8.42 Å². The van der Waals surface area contributed by atoms with E-state index in [2.05, 4.69) is 10.6 Å². The van der Waals surface area contributed by atoms with E-state index >= 15 is 0 Å². The van der Waals surface area contributed by atoms with Gasteiger partial charge in [0.25, 0.3) is 5.69 Å². The van der Waals surface area contributed by atoms with Crippen molar-refractivity contribution < 1.29 is 18.1 Å². The van der Waals surface area contributed by atoms with Gasteiger partial charge in [-0.05, 0) is 12.1 Å². The van der Waals surface area contributed by atoms with E-state index in [-0.39, 0.29) is 34.6 Å². The molecule has 2 rings (SSSR count). The van der Waals surface area contributed by atoms with Crippen LogP contribution in [0.2, 0.25) is 0 Å². The first kappa shape index (κ1) is 14.3. The number of amides is 1. The molecule has 1 fully saturated rings. The minimum Gasteiger partial charge on any atom is -0.374 e. The highest BCUT2D eigenvalue weighted by atomic mass is 32.2. The average molecular weight is 299 g/mol. The molecule has 8 nitrogen and oxygen atoms in total. The summed E-state index contributed by atoms with van der Waals surface area (Å²) >= 11 is 0. The minimum atomic E-state index is -3.51. The molecular formula is C11H13N3O5S. The van der Waals surface area contributed by atoms with E-state index < -0.39 is 14.8 Å². The van der Waals surface area contributed by atoms with Crippen LogP contribution in [0.1, 0.15) is 6.42 Å². The summed E-state index contributed by atoms with van der Waals surface area (Å²) in [7, 11) is -3.51. The quantitative estimate of drug-likeness (QED) is 0.609. The lowest BCUT2D eigenvalue weighted by atomic mass is 10.2.